The molecular formula is C35H52O9. The quantitative estimate of drug-likeness (QED) is 0.335. The molecule has 9 nitrogen and oxygen atoms in total. The molecular weight excluding hydrogens is 564 g/mol. The minimum Gasteiger partial charge on any atom is -0.466 e. The third-order valence-electron chi connectivity index (χ3n) is 9.79. The Hall–Kier alpha value is -2.30. The third-order valence-corrected chi connectivity index (χ3v) is 9.79. The van der Waals surface area contributed by atoms with E-state index in [-0.39, 0.29) is 23.7 Å². The second kappa shape index (κ2) is 14.0. The van der Waals surface area contributed by atoms with Crippen molar-refractivity contribution in [2.24, 2.45) is 23.7 Å². The molecule has 3 aliphatic heterocycles. The average Bonchev–Trinajstić information content (AvgIpc) is 2.96. The maximum atomic E-state index is 14.1. The van der Waals surface area contributed by atoms with Gasteiger partial charge in [-0.15, -0.1) is 0 Å². The predicted octanol–water partition coefficient (Wildman–Crippen LogP) is 4.96. The summed E-state index contributed by atoms with van der Waals surface area (Å²) in [6, 6.07) is 0. The van der Waals surface area contributed by atoms with Crippen molar-refractivity contribution in [3.8, 4) is 0 Å². The third kappa shape index (κ3) is 7.07. The maximum absolute atomic E-state index is 14.1. The zero-order valence-electron chi connectivity index (χ0n) is 27.6. The Labute approximate surface area is 262 Å². The summed E-state index contributed by atoms with van der Waals surface area (Å²) in [6.07, 6.45) is 9.13. The molecule has 0 aromatic rings. The fourth-order valence-corrected chi connectivity index (χ4v) is 7.51. The number of aliphatic hydroxyl groups excluding tert-OH is 1. The van der Waals surface area contributed by atoms with Crippen LogP contribution in [0.25, 0.3) is 0 Å². The van der Waals surface area contributed by atoms with Crippen LogP contribution in [0.2, 0.25) is 0 Å². The van der Waals surface area contributed by atoms with Crippen molar-refractivity contribution in [1.29, 1.82) is 0 Å². The summed E-state index contributed by atoms with van der Waals surface area (Å²) < 4.78 is 30.2. The molecule has 2 saturated heterocycles. The Kier molecular flexibility index (Phi) is 11.0. The second-order valence-electron chi connectivity index (χ2n) is 13.7. The van der Waals surface area contributed by atoms with Crippen molar-refractivity contribution < 1.29 is 43.5 Å². The van der Waals surface area contributed by atoms with E-state index < -0.39 is 47.6 Å². The van der Waals surface area contributed by atoms with Crippen LogP contribution < -0.4 is 0 Å². The highest BCUT2D eigenvalue weighted by molar-refractivity contribution is 5.93. The summed E-state index contributed by atoms with van der Waals surface area (Å²) in [5.41, 5.74) is -0.909. The number of carbonyl (C=O) groups is 2. The zero-order valence-corrected chi connectivity index (χ0v) is 27.6. The van der Waals surface area contributed by atoms with Gasteiger partial charge in [0.1, 0.15) is 29.8 Å². The van der Waals surface area contributed by atoms with E-state index in [1.54, 1.807) is 13.0 Å². The van der Waals surface area contributed by atoms with E-state index in [0.29, 0.717) is 43.1 Å². The smallest absolute Gasteiger partial charge is 0.336 e. The molecule has 0 saturated carbocycles. The van der Waals surface area contributed by atoms with Gasteiger partial charge in [-0.3, -0.25) is 4.79 Å². The fraction of sp³-hybridized carbons (Fsp3) is 0.714. The van der Waals surface area contributed by atoms with Gasteiger partial charge in [-0.05, 0) is 62.5 Å². The van der Waals surface area contributed by atoms with E-state index in [1.807, 2.05) is 6.08 Å². The van der Waals surface area contributed by atoms with Crippen LogP contribution in [0.15, 0.2) is 47.1 Å². The van der Waals surface area contributed by atoms with E-state index in [4.69, 9.17) is 23.7 Å². The molecule has 1 aliphatic carbocycles. The summed E-state index contributed by atoms with van der Waals surface area (Å²) in [5, 5.41) is 23.8. The molecule has 0 aromatic heterocycles. The van der Waals surface area contributed by atoms with Crippen molar-refractivity contribution in [3.63, 3.8) is 0 Å². The van der Waals surface area contributed by atoms with E-state index in [9.17, 15) is 19.8 Å². The number of methoxy groups -OCH3 is 2. The van der Waals surface area contributed by atoms with Gasteiger partial charge < -0.3 is 33.9 Å². The molecule has 2 fully saturated rings. The molecule has 0 radical (unpaired) electrons. The molecule has 3 heterocycles. The fourth-order valence-electron chi connectivity index (χ4n) is 7.51. The molecule has 10 atom stereocenters. The predicted molar refractivity (Wildman–Crippen MR) is 165 cm³/mol. The van der Waals surface area contributed by atoms with Gasteiger partial charge in [0.05, 0.1) is 24.9 Å². The van der Waals surface area contributed by atoms with Crippen molar-refractivity contribution in [1.82, 2.24) is 0 Å². The number of carbonyl (C=O) groups excluding carboxylic acids is 2. The van der Waals surface area contributed by atoms with Crippen LogP contribution in [0, 0.1) is 23.7 Å². The Morgan fingerprint density at radius 2 is 1.86 bits per heavy atom. The topological polar surface area (TPSA) is 121 Å². The van der Waals surface area contributed by atoms with Crippen LogP contribution in [-0.4, -0.2) is 78.3 Å². The van der Waals surface area contributed by atoms with Gasteiger partial charge in [0, 0.05) is 26.4 Å². The molecule has 2 N–H and O–H groups in total. The highest BCUT2D eigenvalue weighted by atomic mass is 16.7. The summed E-state index contributed by atoms with van der Waals surface area (Å²) in [6.45, 7) is 12.3. The Morgan fingerprint density at radius 3 is 2.52 bits per heavy atom. The number of esters is 2. The summed E-state index contributed by atoms with van der Waals surface area (Å²) in [5.74, 6) is -3.15. The number of fused-ring (bicyclic) bond motifs is 3. The van der Waals surface area contributed by atoms with Gasteiger partial charge in [-0.25, -0.2) is 4.79 Å². The lowest BCUT2D eigenvalue weighted by molar-refractivity contribution is -0.340. The largest absolute Gasteiger partial charge is 0.466 e. The molecule has 9 heteroatoms. The Morgan fingerprint density at radius 1 is 1.14 bits per heavy atom. The van der Waals surface area contributed by atoms with E-state index in [2.05, 4.69) is 40.7 Å². The van der Waals surface area contributed by atoms with Crippen LogP contribution in [0.5, 0.6) is 0 Å². The first-order chi connectivity index (χ1) is 20.7. The molecule has 246 valence electrons. The average molecular weight is 617 g/mol. The highest BCUT2D eigenvalue weighted by Crippen LogP contribution is 2.46. The molecule has 0 aromatic carbocycles. The summed E-state index contributed by atoms with van der Waals surface area (Å²) >= 11 is 0. The van der Waals surface area contributed by atoms with Gasteiger partial charge in [0.2, 0.25) is 0 Å². The molecule has 4 aliphatic rings. The number of rotatable bonds is 3. The van der Waals surface area contributed by atoms with Gasteiger partial charge >= 0.3 is 11.9 Å². The molecule has 1 spiro atoms. The van der Waals surface area contributed by atoms with Crippen molar-refractivity contribution in [2.75, 3.05) is 14.2 Å². The number of allylic oxidation sites excluding steroid dienone is 4. The van der Waals surface area contributed by atoms with E-state index in [0.717, 1.165) is 12.8 Å². The van der Waals surface area contributed by atoms with Crippen LogP contribution >= 0.6 is 0 Å². The van der Waals surface area contributed by atoms with Crippen molar-refractivity contribution >= 4 is 11.9 Å². The molecule has 4 rings (SSSR count). The van der Waals surface area contributed by atoms with E-state index in [1.165, 1.54) is 31.9 Å². The van der Waals surface area contributed by atoms with Gasteiger partial charge in [0.15, 0.2) is 5.79 Å². The number of hydrogen-bond acceptors (Lipinski definition) is 9. The van der Waals surface area contributed by atoms with Crippen LogP contribution in [0.3, 0.4) is 0 Å². The summed E-state index contributed by atoms with van der Waals surface area (Å²) in [4.78, 5) is 27.3. The number of hydrogen-bond donors (Lipinski definition) is 2. The first-order valence-corrected chi connectivity index (χ1v) is 16.0. The van der Waals surface area contributed by atoms with Gasteiger partial charge in [-0.2, -0.15) is 0 Å². The standard InChI is InChI=1S/C35H52O9/c1-20(2)29-23(5)14-15-34(44-29)19-26-18-25(43-34)13-12-22(4)16-21(3)10-9-11-27(32(37)41-8)35(39)28(33(38)42-26)17-24(6)30(40-7)31(35)36/h9-12,17,20-21,23,25-26,28-31,36,39H,13-16,18-19H2,1-8H3/b10-9+,22-12+,27-11-/t21-,23-,25+,26-,28-,29+,30+,31+,34+,35+/m0/s1. The van der Waals surface area contributed by atoms with Crippen LogP contribution in [0.1, 0.15) is 80.1 Å². The van der Waals surface area contributed by atoms with Crippen molar-refractivity contribution in [3.05, 3.63) is 47.1 Å². The minimum atomic E-state index is -2.38. The highest BCUT2D eigenvalue weighted by Gasteiger charge is 2.58. The monoisotopic (exact) mass is 616 g/mol. The number of aliphatic hydroxyl groups is 2. The van der Waals surface area contributed by atoms with Crippen LogP contribution in [-0.2, 0) is 33.3 Å². The Bertz CT molecular complexity index is 1180. The first kappa shape index (κ1) is 34.6. The maximum Gasteiger partial charge on any atom is 0.336 e. The minimum absolute atomic E-state index is 0.00419. The molecule has 2 bridgehead atoms. The first-order valence-electron chi connectivity index (χ1n) is 16.0. The lowest BCUT2D eigenvalue weighted by Crippen LogP contribution is -2.62. The number of ether oxygens (including phenoxy) is 5. The molecule has 44 heavy (non-hydrogen) atoms. The molecule has 0 amide bonds. The van der Waals surface area contributed by atoms with Crippen LogP contribution in [0.4, 0.5) is 0 Å². The second-order valence-corrected chi connectivity index (χ2v) is 13.7. The SMILES string of the molecule is COC(=O)/C1=C/C=C/[C@H](C)C/C(C)=C/C[C@@H]2C[C@@H](C[C@]3(CC[C@H](C)[C@@H](C(C)C)O3)O2)OC(=O)[C@@H]2C=C(C)[C@@H](OC)[C@@H](O)[C@@]12O. The zero-order chi connectivity index (χ0) is 32.4. The van der Waals surface area contributed by atoms with Gasteiger partial charge in [0.25, 0.3) is 0 Å². The Balaban J connectivity index is 1.81. The lowest BCUT2D eigenvalue weighted by Gasteiger charge is -2.51. The lowest BCUT2D eigenvalue weighted by atomic mass is 9.69. The van der Waals surface area contributed by atoms with Gasteiger partial charge in [-0.1, -0.05) is 57.6 Å². The van der Waals surface area contributed by atoms with Crippen molar-refractivity contribution in [2.45, 2.75) is 122 Å². The normalized spacial score (nSPS) is 43.5. The molecule has 0 unspecified atom stereocenters. The summed E-state index contributed by atoms with van der Waals surface area (Å²) in [7, 11) is 2.60. The van der Waals surface area contributed by atoms with E-state index >= 15 is 0 Å².